The first-order valence-corrected chi connectivity index (χ1v) is 10.9. The summed E-state index contributed by atoms with van der Waals surface area (Å²) in [5.41, 5.74) is 3.86. The van der Waals surface area contributed by atoms with Crippen molar-refractivity contribution in [2.45, 2.75) is 39.2 Å². The smallest absolute Gasteiger partial charge is 0.338 e. The number of imidazole rings is 1. The lowest BCUT2D eigenvalue weighted by atomic mass is 9.94. The molecular weight excluding hydrogens is 406 g/mol. The number of unbranched alkanes of at least 4 members (excludes halogenated alkanes) is 2. The van der Waals surface area contributed by atoms with Gasteiger partial charge in [0.05, 0.1) is 43.5 Å². The van der Waals surface area contributed by atoms with Gasteiger partial charge in [-0.05, 0) is 37.6 Å². The summed E-state index contributed by atoms with van der Waals surface area (Å²) in [4.78, 5) is 18.1. The highest BCUT2D eigenvalue weighted by atomic mass is 16.5. The fourth-order valence-electron chi connectivity index (χ4n) is 4.16. The molecule has 7 heteroatoms. The summed E-state index contributed by atoms with van der Waals surface area (Å²) in [7, 11) is 3.23. The molecule has 0 amide bonds. The number of carbonyl (C=O) groups excluding carboxylic acids is 1. The molecule has 32 heavy (non-hydrogen) atoms. The number of esters is 1. The van der Waals surface area contributed by atoms with E-state index in [2.05, 4.69) is 12.2 Å². The van der Waals surface area contributed by atoms with Gasteiger partial charge in [-0.3, -0.25) is 4.57 Å². The zero-order valence-electron chi connectivity index (χ0n) is 19.0. The second-order valence-corrected chi connectivity index (χ2v) is 7.81. The number of anilines is 1. The van der Waals surface area contributed by atoms with E-state index in [0.29, 0.717) is 29.6 Å². The number of hydrogen-bond donors (Lipinski definition) is 1. The van der Waals surface area contributed by atoms with Gasteiger partial charge in [-0.2, -0.15) is 0 Å². The Morgan fingerprint density at radius 1 is 1.12 bits per heavy atom. The largest absolute Gasteiger partial charge is 0.497 e. The second-order valence-electron chi connectivity index (χ2n) is 7.81. The van der Waals surface area contributed by atoms with Crippen molar-refractivity contribution >= 4 is 23.0 Å². The molecule has 0 spiro atoms. The summed E-state index contributed by atoms with van der Waals surface area (Å²) in [5.74, 6) is 1.65. The molecule has 1 aliphatic heterocycles. The summed E-state index contributed by atoms with van der Waals surface area (Å²) in [6.45, 7) is 4.40. The van der Waals surface area contributed by atoms with Crippen LogP contribution in [-0.4, -0.2) is 36.3 Å². The fourth-order valence-corrected chi connectivity index (χ4v) is 4.16. The van der Waals surface area contributed by atoms with Crippen molar-refractivity contribution in [3.63, 3.8) is 0 Å². The highest BCUT2D eigenvalue weighted by Crippen LogP contribution is 2.43. The van der Waals surface area contributed by atoms with Gasteiger partial charge in [0.15, 0.2) is 0 Å². The first-order valence-electron chi connectivity index (χ1n) is 10.9. The molecule has 0 aliphatic carbocycles. The minimum atomic E-state index is -0.460. The van der Waals surface area contributed by atoms with Crippen LogP contribution >= 0.6 is 0 Å². The standard InChI is InChI=1S/C25H29N3O4/c1-5-6-9-14-32-24(29)22-16(2)26-25-27-19-10-7-8-11-20(19)28(25)23(22)18-13-12-17(30-3)15-21(18)31-4/h7-8,10-13,15,23H,5-6,9,14H2,1-4H3,(H,26,27). The average Bonchev–Trinajstić information content (AvgIpc) is 3.18. The SMILES string of the molecule is CCCCCOC(=O)C1=C(C)Nc2nc3ccccc3n2C1c1ccc(OC)cc1OC. The van der Waals surface area contributed by atoms with Crippen molar-refractivity contribution in [2.75, 3.05) is 26.1 Å². The van der Waals surface area contributed by atoms with Crippen molar-refractivity contribution in [1.29, 1.82) is 0 Å². The maximum Gasteiger partial charge on any atom is 0.338 e. The number of hydrogen-bond acceptors (Lipinski definition) is 6. The van der Waals surface area contributed by atoms with E-state index < -0.39 is 6.04 Å². The summed E-state index contributed by atoms with van der Waals surface area (Å²) < 4.78 is 18.8. The molecule has 1 unspecified atom stereocenters. The van der Waals surface area contributed by atoms with Crippen molar-refractivity contribution in [3.05, 3.63) is 59.3 Å². The molecule has 1 N–H and O–H groups in total. The predicted molar refractivity (Wildman–Crippen MR) is 124 cm³/mol. The van der Waals surface area contributed by atoms with Crippen molar-refractivity contribution in [1.82, 2.24) is 9.55 Å². The quantitative estimate of drug-likeness (QED) is 0.393. The van der Waals surface area contributed by atoms with Crippen LogP contribution in [-0.2, 0) is 9.53 Å². The fraction of sp³-hybridized carbons (Fsp3) is 0.360. The normalized spacial score (nSPS) is 15.3. The van der Waals surface area contributed by atoms with Crippen LogP contribution in [0.4, 0.5) is 5.95 Å². The maximum atomic E-state index is 13.3. The summed E-state index contributed by atoms with van der Waals surface area (Å²) >= 11 is 0. The van der Waals surface area contributed by atoms with Gasteiger partial charge in [-0.25, -0.2) is 9.78 Å². The number of nitrogens with zero attached hydrogens (tertiary/aromatic N) is 2. The molecule has 2 aromatic carbocycles. The Balaban J connectivity index is 1.86. The van der Waals surface area contributed by atoms with Crippen molar-refractivity contribution in [2.24, 2.45) is 0 Å². The van der Waals surface area contributed by atoms with Gasteiger partial charge in [0.25, 0.3) is 0 Å². The van der Waals surface area contributed by atoms with E-state index >= 15 is 0 Å². The van der Waals surface area contributed by atoms with Crippen LogP contribution in [0.2, 0.25) is 0 Å². The van der Waals surface area contributed by atoms with E-state index in [1.807, 2.05) is 54.0 Å². The average molecular weight is 436 g/mol. The number of allylic oxidation sites excluding steroid dienone is 1. The number of para-hydroxylation sites is 2. The van der Waals surface area contributed by atoms with Gasteiger partial charge in [0.1, 0.15) is 11.5 Å². The number of ether oxygens (including phenoxy) is 3. The van der Waals surface area contributed by atoms with Crippen LogP contribution < -0.4 is 14.8 Å². The van der Waals surface area contributed by atoms with E-state index in [1.165, 1.54) is 0 Å². The van der Waals surface area contributed by atoms with Gasteiger partial charge in [0, 0.05) is 17.3 Å². The number of methoxy groups -OCH3 is 2. The van der Waals surface area contributed by atoms with Gasteiger partial charge < -0.3 is 19.5 Å². The molecule has 0 saturated heterocycles. The molecular formula is C25H29N3O4. The van der Waals surface area contributed by atoms with E-state index in [-0.39, 0.29) is 5.97 Å². The van der Waals surface area contributed by atoms with E-state index in [9.17, 15) is 4.79 Å². The molecule has 168 valence electrons. The molecule has 0 saturated carbocycles. The third kappa shape index (κ3) is 3.90. The molecule has 0 radical (unpaired) electrons. The molecule has 4 rings (SSSR count). The molecule has 3 aromatic rings. The zero-order chi connectivity index (χ0) is 22.7. The summed E-state index contributed by atoms with van der Waals surface area (Å²) in [6, 6.07) is 13.1. The number of fused-ring (bicyclic) bond motifs is 3. The lowest BCUT2D eigenvalue weighted by molar-refractivity contribution is -0.139. The van der Waals surface area contributed by atoms with Crippen molar-refractivity contribution < 1.29 is 19.0 Å². The van der Waals surface area contributed by atoms with Gasteiger partial charge in [-0.1, -0.05) is 31.9 Å². The van der Waals surface area contributed by atoms with Crippen LogP contribution in [0.5, 0.6) is 11.5 Å². The summed E-state index contributed by atoms with van der Waals surface area (Å²) in [5, 5.41) is 3.31. The molecule has 2 heterocycles. The number of benzene rings is 2. The van der Waals surface area contributed by atoms with E-state index in [0.717, 1.165) is 41.6 Å². The number of nitrogens with one attached hydrogen (secondary N) is 1. The van der Waals surface area contributed by atoms with Gasteiger partial charge >= 0.3 is 5.97 Å². The van der Waals surface area contributed by atoms with E-state index in [1.54, 1.807) is 14.2 Å². The third-order valence-electron chi connectivity index (χ3n) is 5.77. The van der Waals surface area contributed by atoms with Crippen molar-refractivity contribution in [3.8, 4) is 11.5 Å². The van der Waals surface area contributed by atoms with Gasteiger partial charge in [0.2, 0.25) is 5.95 Å². The molecule has 1 aromatic heterocycles. The topological polar surface area (TPSA) is 74.6 Å². The summed E-state index contributed by atoms with van der Waals surface area (Å²) in [6.07, 6.45) is 2.93. The van der Waals surface area contributed by atoms with E-state index in [4.69, 9.17) is 19.2 Å². The Bertz CT molecular complexity index is 1170. The monoisotopic (exact) mass is 435 g/mol. The third-order valence-corrected chi connectivity index (χ3v) is 5.77. The highest BCUT2D eigenvalue weighted by molar-refractivity contribution is 5.94. The number of rotatable bonds is 8. The number of carbonyl (C=O) groups is 1. The minimum Gasteiger partial charge on any atom is -0.497 e. The predicted octanol–water partition coefficient (Wildman–Crippen LogP) is 5.08. The van der Waals surface area contributed by atoms with Crippen LogP contribution in [0.25, 0.3) is 11.0 Å². The zero-order valence-corrected chi connectivity index (χ0v) is 19.0. The molecule has 1 aliphatic rings. The van der Waals surface area contributed by atoms with Crippen LogP contribution in [0.1, 0.15) is 44.7 Å². The Morgan fingerprint density at radius 3 is 2.69 bits per heavy atom. The molecule has 1 atom stereocenters. The molecule has 0 bridgehead atoms. The van der Waals surface area contributed by atoms with Crippen LogP contribution in [0.3, 0.4) is 0 Å². The highest BCUT2D eigenvalue weighted by Gasteiger charge is 2.36. The Morgan fingerprint density at radius 2 is 1.94 bits per heavy atom. The minimum absolute atomic E-state index is 0.336. The second kappa shape index (κ2) is 9.34. The molecule has 7 nitrogen and oxygen atoms in total. The number of aromatic nitrogens is 2. The first-order chi connectivity index (χ1) is 15.6. The lowest BCUT2D eigenvalue weighted by Crippen LogP contribution is -2.29. The first kappa shape index (κ1) is 21.7. The Labute approximate surface area is 188 Å². The maximum absolute atomic E-state index is 13.3. The lowest BCUT2D eigenvalue weighted by Gasteiger charge is -2.31. The Kier molecular flexibility index (Phi) is 6.35. The molecule has 0 fully saturated rings. The van der Waals surface area contributed by atoms with Gasteiger partial charge in [-0.15, -0.1) is 0 Å². The Hall–Kier alpha value is -3.48. The van der Waals surface area contributed by atoms with Crippen LogP contribution in [0, 0.1) is 0 Å². The van der Waals surface area contributed by atoms with Crippen LogP contribution in [0.15, 0.2) is 53.7 Å².